The Morgan fingerprint density at radius 1 is 0.667 bits per heavy atom. The second-order valence-corrected chi connectivity index (χ2v) is 3.37. The van der Waals surface area contributed by atoms with Gasteiger partial charge in [0.2, 0.25) is 0 Å². The lowest BCUT2D eigenvalue weighted by molar-refractivity contribution is 1.16. The van der Waals surface area contributed by atoms with E-state index >= 15 is 0 Å². The predicted molar refractivity (Wildman–Crippen MR) is 91.2 cm³/mol. The molecular weight excluding hydrogens is 216 g/mol. The number of allylic oxidation sites excluding steroid dienone is 6. The minimum Gasteiger partial charge on any atom is -0.103 e. The first kappa shape index (κ1) is 25.7. The fourth-order valence-corrected chi connectivity index (χ4v) is 0.569. The summed E-state index contributed by atoms with van der Waals surface area (Å²) in [7, 11) is 0. The summed E-state index contributed by atoms with van der Waals surface area (Å²) in [5, 5.41) is 0. The van der Waals surface area contributed by atoms with Gasteiger partial charge in [-0.2, -0.15) is 0 Å². The summed E-state index contributed by atoms with van der Waals surface area (Å²) in [6.07, 6.45) is 16.8. The van der Waals surface area contributed by atoms with Crippen LogP contribution in [0, 0.1) is 0 Å². The van der Waals surface area contributed by atoms with Crippen molar-refractivity contribution in [3.63, 3.8) is 0 Å². The molecule has 0 aliphatic rings. The van der Waals surface area contributed by atoms with Crippen molar-refractivity contribution in [1.82, 2.24) is 0 Å². The predicted octanol–water partition coefficient (Wildman–Crippen LogP) is 7.11. The van der Waals surface area contributed by atoms with Crippen LogP contribution in [0.15, 0.2) is 49.6 Å². The van der Waals surface area contributed by atoms with Crippen molar-refractivity contribution in [2.75, 3.05) is 0 Å². The van der Waals surface area contributed by atoms with Crippen molar-refractivity contribution in [1.29, 1.82) is 0 Å². The van der Waals surface area contributed by atoms with E-state index in [-0.39, 0.29) is 0 Å². The SMILES string of the molecule is C/C=C/CC.C=CC.C=CCC.CC/C=C/CC. The summed E-state index contributed by atoms with van der Waals surface area (Å²) >= 11 is 0. The molecule has 0 amide bonds. The Bertz CT molecular complexity index is 155. The van der Waals surface area contributed by atoms with E-state index in [9.17, 15) is 0 Å². The van der Waals surface area contributed by atoms with Gasteiger partial charge in [0.15, 0.2) is 0 Å². The number of rotatable bonds is 4. The van der Waals surface area contributed by atoms with Crippen LogP contribution >= 0.6 is 0 Å². The van der Waals surface area contributed by atoms with Crippen LogP contribution in [0.4, 0.5) is 0 Å². The molecule has 0 spiro atoms. The van der Waals surface area contributed by atoms with Crippen LogP contribution in [0.25, 0.3) is 0 Å². The molecule has 0 nitrogen and oxygen atoms in total. The van der Waals surface area contributed by atoms with Gasteiger partial charge >= 0.3 is 0 Å². The molecule has 18 heavy (non-hydrogen) atoms. The van der Waals surface area contributed by atoms with Crippen LogP contribution in [0.2, 0.25) is 0 Å². The van der Waals surface area contributed by atoms with E-state index in [4.69, 9.17) is 0 Å². The maximum absolute atomic E-state index is 3.48. The molecule has 0 heterocycles. The third-order valence-electron chi connectivity index (χ3n) is 1.40. The van der Waals surface area contributed by atoms with Gasteiger partial charge in [0.25, 0.3) is 0 Å². The first-order chi connectivity index (χ1) is 8.66. The van der Waals surface area contributed by atoms with Crippen molar-refractivity contribution in [2.45, 2.75) is 67.2 Å². The zero-order valence-electron chi connectivity index (χ0n) is 13.7. The van der Waals surface area contributed by atoms with Crippen molar-refractivity contribution in [3.05, 3.63) is 49.6 Å². The van der Waals surface area contributed by atoms with Gasteiger partial charge in [-0.1, -0.05) is 64.2 Å². The highest BCUT2D eigenvalue weighted by atomic mass is 13.7. The molecular formula is C18H36. The standard InChI is InChI=1S/C6H12.C5H10.C4H8.C3H6/c1-3-5-6-4-2;1-3-5-4-2;1-3-4-2;1-3-2/h5-6H,3-4H2,1-2H3;3,5H,4H2,1-2H3;3H,1,4H2,2H3;3H,1H2,2H3/b6-5+;5-3+;;. The highest BCUT2D eigenvalue weighted by Crippen LogP contribution is 1.81. The smallest absolute Gasteiger partial charge is 0.0379 e. The van der Waals surface area contributed by atoms with Gasteiger partial charge in [-0.15, -0.1) is 13.2 Å². The Balaban J connectivity index is -0.0000000750. The largest absolute Gasteiger partial charge is 0.103 e. The summed E-state index contributed by atoms with van der Waals surface area (Å²) in [5.41, 5.74) is 0. The summed E-state index contributed by atoms with van der Waals surface area (Å²) in [5.74, 6) is 0. The van der Waals surface area contributed by atoms with E-state index in [1.807, 2.05) is 19.9 Å². The van der Waals surface area contributed by atoms with Crippen molar-refractivity contribution in [2.24, 2.45) is 0 Å². The highest BCUT2D eigenvalue weighted by Gasteiger charge is 1.60. The summed E-state index contributed by atoms with van der Waals surface area (Å²) in [4.78, 5) is 0. The van der Waals surface area contributed by atoms with Crippen LogP contribution < -0.4 is 0 Å². The first-order valence-electron chi connectivity index (χ1n) is 7.10. The third kappa shape index (κ3) is 119. The molecule has 0 rings (SSSR count). The average molecular weight is 252 g/mol. The lowest BCUT2D eigenvalue weighted by atomic mass is 10.4. The van der Waals surface area contributed by atoms with Crippen molar-refractivity contribution < 1.29 is 0 Å². The topological polar surface area (TPSA) is 0 Å². The molecule has 0 heteroatoms. The summed E-state index contributed by atoms with van der Waals surface area (Å²) in [6, 6.07) is 0. The Morgan fingerprint density at radius 2 is 0.944 bits per heavy atom. The van der Waals surface area contributed by atoms with Gasteiger partial charge in [0.05, 0.1) is 0 Å². The number of hydrogen-bond acceptors (Lipinski definition) is 0. The van der Waals surface area contributed by atoms with E-state index in [0.717, 1.165) is 12.8 Å². The Morgan fingerprint density at radius 3 is 1.00 bits per heavy atom. The lowest BCUT2D eigenvalue weighted by Gasteiger charge is -1.72. The molecule has 0 aliphatic heterocycles. The monoisotopic (exact) mass is 252 g/mol. The Labute approximate surface area is 117 Å². The van der Waals surface area contributed by atoms with Crippen molar-refractivity contribution >= 4 is 0 Å². The van der Waals surface area contributed by atoms with Crippen LogP contribution in [0.5, 0.6) is 0 Å². The van der Waals surface area contributed by atoms with Gasteiger partial charge in [-0.05, 0) is 39.5 Å². The van der Waals surface area contributed by atoms with Crippen molar-refractivity contribution in [3.8, 4) is 0 Å². The van der Waals surface area contributed by atoms with Gasteiger partial charge < -0.3 is 0 Å². The second-order valence-electron chi connectivity index (χ2n) is 3.37. The molecule has 0 aromatic rings. The molecule has 0 unspecified atom stereocenters. The molecule has 0 aromatic heterocycles. The Kier molecular flexibility index (Phi) is 63.6. The molecule has 0 radical (unpaired) electrons. The van der Waals surface area contributed by atoms with Crippen LogP contribution in [-0.2, 0) is 0 Å². The van der Waals surface area contributed by atoms with Crippen LogP contribution in [-0.4, -0.2) is 0 Å². The normalized spacial score (nSPS) is 8.33. The van der Waals surface area contributed by atoms with Gasteiger partial charge in [-0.3, -0.25) is 0 Å². The highest BCUT2D eigenvalue weighted by molar-refractivity contribution is 4.77. The molecule has 0 aromatic carbocycles. The zero-order chi connectivity index (χ0) is 15.1. The van der Waals surface area contributed by atoms with E-state index in [0.29, 0.717) is 0 Å². The molecule has 0 aliphatic carbocycles. The lowest BCUT2D eigenvalue weighted by Crippen LogP contribution is -1.51. The summed E-state index contributed by atoms with van der Waals surface area (Å²) < 4.78 is 0. The maximum Gasteiger partial charge on any atom is -0.0379 e. The molecule has 108 valence electrons. The molecule has 0 fully saturated rings. The molecule has 0 saturated carbocycles. The molecule has 0 saturated heterocycles. The second kappa shape index (κ2) is 44.5. The zero-order valence-corrected chi connectivity index (χ0v) is 13.7. The molecule has 0 bridgehead atoms. The Hall–Kier alpha value is -1.04. The molecule has 0 N–H and O–H groups in total. The van der Waals surface area contributed by atoms with Gasteiger partial charge in [0, 0.05) is 0 Å². The maximum atomic E-state index is 3.48. The van der Waals surface area contributed by atoms with E-state index in [1.54, 1.807) is 6.08 Å². The summed E-state index contributed by atoms with van der Waals surface area (Å²) in [6.45, 7) is 19.2. The van der Waals surface area contributed by atoms with Gasteiger partial charge in [0.1, 0.15) is 0 Å². The fourth-order valence-electron chi connectivity index (χ4n) is 0.569. The van der Waals surface area contributed by atoms with Gasteiger partial charge in [-0.25, -0.2) is 0 Å². The van der Waals surface area contributed by atoms with E-state index in [2.05, 4.69) is 65.2 Å². The number of hydrogen-bond donors (Lipinski definition) is 0. The quantitative estimate of drug-likeness (QED) is 0.468. The molecule has 0 atom stereocenters. The van der Waals surface area contributed by atoms with Crippen LogP contribution in [0.3, 0.4) is 0 Å². The van der Waals surface area contributed by atoms with E-state index < -0.39 is 0 Å². The minimum atomic E-state index is 1.08. The average Bonchev–Trinajstić information content (AvgIpc) is 2.39. The van der Waals surface area contributed by atoms with E-state index in [1.165, 1.54) is 12.8 Å². The fraction of sp³-hybridized carbons (Fsp3) is 0.556. The van der Waals surface area contributed by atoms with Crippen LogP contribution in [0.1, 0.15) is 67.2 Å². The first-order valence-corrected chi connectivity index (χ1v) is 7.10. The minimum absolute atomic E-state index is 1.08. The third-order valence-corrected chi connectivity index (χ3v) is 1.40.